The molecule has 0 saturated carbocycles. The Morgan fingerprint density at radius 2 is 1.27 bits per heavy atom. The van der Waals surface area contributed by atoms with Crippen molar-refractivity contribution >= 4 is 0 Å². The smallest absolute Gasteiger partial charge is 0.212 e. The van der Waals surface area contributed by atoms with Gasteiger partial charge in [0.05, 0.1) is 5.56 Å². The lowest BCUT2D eigenvalue weighted by atomic mass is 9.85. The van der Waals surface area contributed by atoms with Gasteiger partial charge in [0.25, 0.3) is 0 Å². The summed E-state index contributed by atoms with van der Waals surface area (Å²) in [4.78, 5) is 0. The van der Waals surface area contributed by atoms with Gasteiger partial charge in [0.15, 0.2) is 23.0 Å². The lowest BCUT2D eigenvalue weighted by molar-refractivity contribution is 0.311. The van der Waals surface area contributed by atoms with E-state index in [0.717, 1.165) is 12.1 Å². The van der Waals surface area contributed by atoms with E-state index in [1.54, 1.807) is 20.8 Å². The van der Waals surface area contributed by atoms with Crippen molar-refractivity contribution in [3.63, 3.8) is 0 Å². The number of rotatable bonds is 1. The quantitative estimate of drug-likeness (QED) is 0.262. The summed E-state index contributed by atoms with van der Waals surface area (Å²) in [7, 11) is 0. The molecule has 156 valence electrons. The van der Waals surface area contributed by atoms with Gasteiger partial charge in [-0.05, 0) is 23.1 Å². The normalized spacial score (nSPS) is 12.5. The van der Waals surface area contributed by atoms with E-state index < -0.39 is 16.9 Å². The first kappa shape index (κ1) is 19.4. The lowest BCUT2D eigenvalue weighted by Gasteiger charge is -2.28. The molecule has 1 aliphatic heterocycles. The van der Waals surface area contributed by atoms with Crippen LogP contribution < -0.4 is 9.47 Å². The molecule has 0 aromatic heterocycles. The molecule has 0 bridgehead atoms. The fourth-order valence-electron chi connectivity index (χ4n) is 3.57. The van der Waals surface area contributed by atoms with Crippen molar-refractivity contribution in [3.05, 3.63) is 35.9 Å². The van der Waals surface area contributed by atoms with Crippen molar-refractivity contribution in [3.8, 4) is 68.6 Å². The Labute approximate surface area is 171 Å². The highest BCUT2D eigenvalue weighted by Crippen LogP contribution is 2.60. The molecule has 4 rings (SSSR count). The highest BCUT2D eigenvalue weighted by molar-refractivity contribution is 5.85. The Morgan fingerprint density at radius 3 is 1.87 bits per heavy atom. The zero-order valence-corrected chi connectivity index (χ0v) is 16.4. The first-order valence-corrected chi connectivity index (χ1v) is 9.04. The van der Waals surface area contributed by atoms with E-state index in [1.807, 2.05) is 0 Å². The van der Waals surface area contributed by atoms with Crippen molar-refractivity contribution in [2.45, 2.75) is 26.2 Å². The molecule has 0 unspecified atom stereocenters. The Hall–Kier alpha value is -3.94. The zero-order valence-electron chi connectivity index (χ0n) is 16.4. The molecule has 3 aromatic rings. The van der Waals surface area contributed by atoms with Crippen molar-refractivity contribution in [2.24, 2.45) is 0 Å². The van der Waals surface area contributed by atoms with Crippen LogP contribution >= 0.6 is 0 Å². The molecular formula is C22H20O8. The van der Waals surface area contributed by atoms with Gasteiger partial charge in [-0.3, -0.25) is 0 Å². The first-order chi connectivity index (χ1) is 14.0. The fraction of sp³-hybridized carbons (Fsp3) is 0.182. The summed E-state index contributed by atoms with van der Waals surface area (Å²) in [6.07, 6.45) is 0. The number of fused-ring (bicyclic) bond motifs is 2. The molecule has 0 spiro atoms. The van der Waals surface area contributed by atoms with Crippen LogP contribution in [-0.2, 0) is 5.41 Å². The number of ether oxygens (including phenoxy) is 2. The van der Waals surface area contributed by atoms with E-state index >= 15 is 0 Å². The molecular weight excluding hydrogens is 392 g/mol. The maximum absolute atomic E-state index is 10.8. The van der Waals surface area contributed by atoms with Gasteiger partial charge >= 0.3 is 0 Å². The number of aromatic hydroxyl groups is 6. The minimum atomic E-state index is -0.631. The Balaban J connectivity index is 1.98. The van der Waals surface area contributed by atoms with Gasteiger partial charge in [0.1, 0.15) is 23.0 Å². The lowest BCUT2D eigenvalue weighted by Crippen LogP contribution is -2.13. The SMILES string of the molecule is CC(C)(C)c1c(O)cc2c(c1O)Oc1c(c(O)cc(O)c1-c1cc(O)cc(O)c1)O2. The minimum absolute atomic E-state index is 0.0180. The van der Waals surface area contributed by atoms with Crippen LogP contribution in [0, 0.1) is 0 Å². The van der Waals surface area contributed by atoms with Crippen molar-refractivity contribution in [2.75, 3.05) is 0 Å². The highest BCUT2D eigenvalue weighted by Gasteiger charge is 2.34. The predicted molar refractivity (Wildman–Crippen MR) is 107 cm³/mol. The molecule has 30 heavy (non-hydrogen) atoms. The van der Waals surface area contributed by atoms with Crippen LogP contribution in [0.15, 0.2) is 30.3 Å². The number of benzene rings is 3. The maximum atomic E-state index is 10.8. The van der Waals surface area contributed by atoms with Gasteiger partial charge in [-0.25, -0.2) is 0 Å². The van der Waals surface area contributed by atoms with Crippen molar-refractivity contribution in [1.82, 2.24) is 0 Å². The second-order valence-corrected chi connectivity index (χ2v) is 8.09. The standard InChI is InChI=1S/C22H20O8/c1-22(2,3)17-13(26)8-15-20(18(17)28)30-21-16(9-4-10(23)6-11(24)5-9)12(25)7-14(27)19(21)29-15/h4-8,23-28H,1-3H3. The van der Waals surface area contributed by atoms with E-state index in [2.05, 4.69) is 0 Å². The summed E-state index contributed by atoms with van der Waals surface area (Å²) in [5.74, 6) is -2.36. The van der Waals surface area contributed by atoms with Gasteiger partial charge in [-0.2, -0.15) is 0 Å². The number of hydrogen-bond donors (Lipinski definition) is 6. The molecule has 0 saturated heterocycles. The van der Waals surface area contributed by atoms with Crippen LogP contribution in [0.2, 0.25) is 0 Å². The van der Waals surface area contributed by atoms with Crippen molar-refractivity contribution in [1.29, 1.82) is 0 Å². The number of phenolic OH excluding ortho intramolecular Hbond substituents is 6. The molecule has 1 heterocycles. The average molecular weight is 412 g/mol. The largest absolute Gasteiger partial charge is 0.508 e. The summed E-state index contributed by atoms with van der Waals surface area (Å²) < 4.78 is 11.5. The van der Waals surface area contributed by atoms with Crippen LogP contribution in [0.3, 0.4) is 0 Å². The zero-order chi connectivity index (χ0) is 22.0. The van der Waals surface area contributed by atoms with E-state index in [1.165, 1.54) is 18.2 Å². The third kappa shape index (κ3) is 2.93. The van der Waals surface area contributed by atoms with E-state index in [0.29, 0.717) is 0 Å². The third-order valence-electron chi connectivity index (χ3n) is 4.75. The summed E-state index contributed by atoms with van der Waals surface area (Å²) >= 11 is 0. The van der Waals surface area contributed by atoms with E-state index in [4.69, 9.17) is 9.47 Å². The molecule has 0 fully saturated rings. The molecule has 0 aliphatic carbocycles. The van der Waals surface area contributed by atoms with Crippen LogP contribution in [0.4, 0.5) is 0 Å². The highest BCUT2D eigenvalue weighted by atomic mass is 16.6. The minimum Gasteiger partial charge on any atom is -0.508 e. The van der Waals surface area contributed by atoms with E-state index in [-0.39, 0.29) is 62.7 Å². The monoisotopic (exact) mass is 412 g/mol. The molecule has 0 amide bonds. The fourth-order valence-corrected chi connectivity index (χ4v) is 3.57. The third-order valence-corrected chi connectivity index (χ3v) is 4.75. The molecule has 3 aromatic carbocycles. The van der Waals surface area contributed by atoms with E-state index in [9.17, 15) is 30.6 Å². The second-order valence-electron chi connectivity index (χ2n) is 8.09. The van der Waals surface area contributed by atoms with Crippen LogP contribution in [0.25, 0.3) is 11.1 Å². The van der Waals surface area contributed by atoms with Gasteiger partial charge in [0.2, 0.25) is 11.5 Å². The van der Waals surface area contributed by atoms with Crippen molar-refractivity contribution < 1.29 is 40.1 Å². The molecule has 8 nitrogen and oxygen atoms in total. The van der Waals surface area contributed by atoms with Gasteiger partial charge in [-0.15, -0.1) is 0 Å². The Morgan fingerprint density at radius 1 is 0.633 bits per heavy atom. The number of hydrogen-bond acceptors (Lipinski definition) is 8. The summed E-state index contributed by atoms with van der Waals surface area (Å²) in [6, 6.07) is 5.96. The maximum Gasteiger partial charge on any atom is 0.212 e. The summed E-state index contributed by atoms with van der Waals surface area (Å²) in [5, 5.41) is 61.6. The van der Waals surface area contributed by atoms with Crippen LogP contribution in [0.5, 0.6) is 57.5 Å². The summed E-state index contributed by atoms with van der Waals surface area (Å²) in [5.41, 5.74) is -0.200. The number of phenols is 6. The summed E-state index contributed by atoms with van der Waals surface area (Å²) in [6.45, 7) is 5.39. The van der Waals surface area contributed by atoms with Gasteiger partial charge < -0.3 is 40.1 Å². The topological polar surface area (TPSA) is 140 Å². The second kappa shape index (κ2) is 6.28. The molecule has 0 atom stereocenters. The Bertz CT molecular complexity index is 1170. The van der Waals surface area contributed by atoms with Crippen LogP contribution in [-0.4, -0.2) is 30.6 Å². The Kier molecular flexibility index (Phi) is 4.06. The molecule has 0 radical (unpaired) electrons. The van der Waals surface area contributed by atoms with Gasteiger partial charge in [-0.1, -0.05) is 20.8 Å². The molecule has 8 heteroatoms. The molecule has 1 aliphatic rings. The average Bonchev–Trinajstić information content (AvgIpc) is 2.59. The predicted octanol–water partition coefficient (Wildman–Crippen LogP) is 4.78. The van der Waals surface area contributed by atoms with Gasteiger partial charge in [0, 0.05) is 23.8 Å². The first-order valence-electron chi connectivity index (χ1n) is 9.04. The molecule has 6 N–H and O–H groups in total. The van der Waals surface area contributed by atoms with Crippen LogP contribution in [0.1, 0.15) is 26.3 Å².